The summed E-state index contributed by atoms with van der Waals surface area (Å²) in [7, 11) is 0. The highest BCUT2D eigenvalue weighted by atomic mass is 32.2. The predicted molar refractivity (Wildman–Crippen MR) is 124 cm³/mol. The van der Waals surface area contributed by atoms with Crippen molar-refractivity contribution < 1.29 is 19.4 Å². The van der Waals surface area contributed by atoms with Crippen molar-refractivity contribution in [2.24, 2.45) is 0 Å². The molecule has 0 bridgehead atoms. The molecule has 1 fully saturated rings. The fourth-order valence-corrected chi connectivity index (χ4v) is 4.27. The van der Waals surface area contributed by atoms with E-state index in [2.05, 4.69) is 4.98 Å². The Hall–Kier alpha value is -3.49. The summed E-state index contributed by atoms with van der Waals surface area (Å²) in [5, 5.41) is 9.22. The summed E-state index contributed by atoms with van der Waals surface area (Å²) >= 11 is 6.55. The van der Waals surface area contributed by atoms with Gasteiger partial charge in [0.15, 0.2) is 4.32 Å². The van der Waals surface area contributed by atoms with E-state index < -0.39 is 5.97 Å². The monoisotopic (exact) mass is 448 g/mol. The molecular weight excluding hydrogens is 432 g/mol. The van der Waals surface area contributed by atoms with Gasteiger partial charge >= 0.3 is 5.97 Å². The Morgan fingerprint density at radius 3 is 2.71 bits per heavy atom. The van der Waals surface area contributed by atoms with E-state index in [4.69, 9.17) is 17.0 Å². The number of carbonyl (C=O) groups is 2. The molecule has 1 N–H and O–H groups in total. The fraction of sp³-hybridized carbons (Fsp3) is 0.0435. The predicted octanol–water partition coefficient (Wildman–Crippen LogP) is 4.76. The van der Waals surface area contributed by atoms with Gasteiger partial charge in [0, 0.05) is 11.8 Å². The van der Waals surface area contributed by atoms with Gasteiger partial charge in [-0.2, -0.15) is 0 Å². The highest BCUT2D eigenvalue weighted by Gasteiger charge is 2.33. The van der Waals surface area contributed by atoms with Gasteiger partial charge in [-0.1, -0.05) is 54.3 Å². The molecule has 1 aliphatic rings. The number of hydrogen-bond acceptors (Lipinski definition) is 6. The van der Waals surface area contributed by atoms with Crippen molar-refractivity contribution in [2.45, 2.75) is 6.61 Å². The first-order valence-electron chi connectivity index (χ1n) is 9.26. The number of ether oxygens (including phenoxy) is 1. The number of benzene rings is 2. The molecule has 0 atom stereocenters. The van der Waals surface area contributed by atoms with Crippen LogP contribution in [-0.4, -0.2) is 26.3 Å². The average Bonchev–Trinajstić information content (AvgIpc) is 3.06. The van der Waals surface area contributed by atoms with Crippen molar-refractivity contribution in [1.82, 2.24) is 4.98 Å². The molecule has 1 amide bonds. The number of rotatable bonds is 6. The van der Waals surface area contributed by atoms with Crippen molar-refractivity contribution in [2.75, 3.05) is 4.90 Å². The second-order valence-corrected chi connectivity index (χ2v) is 8.20. The number of carboxylic acid groups (broad SMARTS) is 1. The molecule has 0 spiro atoms. The van der Waals surface area contributed by atoms with Gasteiger partial charge in [0.1, 0.15) is 12.4 Å². The summed E-state index contributed by atoms with van der Waals surface area (Å²) < 4.78 is 6.25. The maximum Gasteiger partial charge on any atom is 0.335 e. The van der Waals surface area contributed by atoms with Gasteiger partial charge < -0.3 is 9.84 Å². The number of pyridine rings is 1. The molecule has 154 valence electrons. The van der Waals surface area contributed by atoms with Gasteiger partial charge in [-0.15, -0.1) is 0 Å². The molecule has 2 aromatic carbocycles. The van der Waals surface area contributed by atoms with E-state index in [1.165, 1.54) is 17.0 Å². The van der Waals surface area contributed by atoms with Crippen LogP contribution in [0.5, 0.6) is 5.75 Å². The maximum atomic E-state index is 13.0. The molecule has 1 aliphatic heterocycles. The lowest BCUT2D eigenvalue weighted by atomic mass is 10.1. The quantitative estimate of drug-likeness (QED) is 0.430. The van der Waals surface area contributed by atoms with Crippen molar-refractivity contribution in [3.05, 3.63) is 94.7 Å². The molecule has 31 heavy (non-hydrogen) atoms. The van der Waals surface area contributed by atoms with Crippen LogP contribution in [0.1, 0.15) is 21.6 Å². The summed E-state index contributed by atoms with van der Waals surface area (Å²) in [4.78, 5) is 30.3. The lowest BCUT2D eigenvalue weighted by molar-refractivity contribution is -0.113. The number of aromatic nitrogens is 1. The first-order chi connectivity index (χ1) is 15.0. The molecule has 0 unspecified atom stereocenters. The van der Waals surface area contributed by atoms with E-state index in [-0.39, 0.29) is 11.5 Å². The third-order valence-corrected chi connectivity index (χ3v) is 5.75. The van der Waals surface area contributed by atoms with Crippen molar-refractivity contribution in [1.29, 1.82) is 0 Å². The van der Waals surface area contributed by atoms with Crippen LogP contribution in [0.3, 0.4) is 0 Å². The smallest absolute Gasteiger partial charge is 0.335 e. The topological polar surface area (TPSA) is 79.7 Å². The molecular formula is C23H16N2O4S2. The average molecular weight is 449 g/mol. The van der Waals surface area contributed by atoms with Gasteiger partial charge in [-0.05, 0) is 42.5 Å². The lowest BCUT2D eigenvalue weighted by Crippen LogP contribution is -2.27. The number of carbonyl (C=O) groups excluding carboxylic acids is 1. The van der Waals surface area contributed by atoms with E-state index in [0.717, 1.165) is 23.0 Å². The van der Waals surface area contributed by atoms with E-state index in [9.17, 15) is 14.7 Å². The molecule has 2 heterocycles. The van der Waals surface area contributed by atoms with Crippen LogP contribution in [0, 0.1) is 0 Å². The zero-order valence-electron chi connectivity index (χ0n) is 16.1. The first kappa shape index (κ1) is 20.8. The molecule has 3 aromatic rings. The van der Waals surface area contributed by atoms with E-state index in [1.54, 1.807) is 24.4 Å². The number of aromatic carboxylic acids is 1. The second-order valence-electron chi connectivity index (χ2n) is 6.52. The fourth-order valence-electron chi connectivity index (χ4n) is 2.98. The van der Waals surface area contributed by atoms with E-state index in [0.29, 0.717) is 27.3 Å². The largest absolute Gasteiger partial charge is 0.487 e. The minimum absolute atomic E-state index is 0.0868. The Bertz CT molecular complexity index is 1190. The Balaban J connectivity index is 1.59. The second kappa shape index (κ2) is 9.11. The number of thioether (sulfide) groups is 1. The van der Waals surface area contributed by atoms with Crippen molar-refractivity contribution in [3.8, 4) is 5.75 Å². The number of anilines is 1. The highest BCUT2D eigenvalue weighted by molar-refractivity contribution is 8.27. The number of amides is 1. The summed E-state index contributed by atoms with van der Waals surface area (Å²) in [5.74, 6) is -0.759. The standard InChI is InChI=1S/C23H16N2O4S2/c26-21-20(31-23(30)25(21)18-9-5-7-16(12-18)22(27)28)13-15-6-1-2-10-19(15)29-14-17-8-3-4-11-24-17/h1-13H,14H2,(H,27,28). The number of hydrogen-bond donors (Lipinski definition) is 1. The van der Waals surface area contributed by atoms with Crippen LogP contribution in [0.2, 0.25) is 0 Å². The zero-order chi connectivity index (χ0) is 21.8. The molecule has 0 aliphatic carbocycles. The zero-order valence-corrected chi connectivity index (χ0v) is 17.7. The molecule has 1 saturated heterocycles. The molecule has 0 saturated carbocycles. The van der Waals surface area contributed by atoms with Gasteiger partial charge in [0.05, 0.1) is 21.8 Å². The molecule has 4 rings (SSSR count). The minimum Gasteiger partial charge on any atom is -0.487 e. The van der Waals surface area contributed by atoms with E-state index in [1.807, 2.05) is 42.5 Å². The number of nitrogens with zero attached hydrogens (tertiary/aromatic N) is 2. The summed E-state index contributed by atoms with van der Waals surface area (Å²) in [6.45, 7) is 0.300. The van der Waals surface area contributed by atoms with Crippen LogP contribution >= 0.6 is 24.0 Å². The first-order valence-corrected chi connectivity index (χ1v) is 10.5. The van der Waals surface area contributed by atoms with E-state index >= 15 is 0 Å². The molecule has 0 radical (unpaired) electrons. The third-order valence-electron chi connectivity index (χ3n) is 4.45. The highest BCUT2D eigenvalue weighted by Crippen LogP contribution is 2.37. The Morgan fingerprint density at radius 2 is 1.94 bits per heavy atom. The van der Waals surface area contributed by atoms with Crippen molar-refractivity contribution in [3.63, 3.8) is 0 Å². The van der Waals surface area contributed by atoms with Crippen LogP contribution in [-0.2, 0) is 11.4 Å². The van der Waals surface area contributed by atoms with Crippen LogP contribution in [0.4, 0.5) is 5.69 Å². The maximum absolute atomic E-state index is 13.0. The molecule has 8 heteroatoms. The normalized spacial score (nSPS) is 14.8. The Kier molecular flexibility index (Phi) is 6.11. The number of carboxylic acids is 1. The minimum atomic E-state index is -1.07. The third kappa shape index (κ3) is 4.65. The van der Waals surface area contributed by atoms with Crippen LogP contribution < -0.4 is 9.64 Å². The molecule has 6 nitrogen and oxygen atoms in total. The Morgan fingerprint density at radius 1 is 1.13 bits per heavy atom. The van der Waals surface area contributed by atoms with Gasteiger partial charge in [0.2, 0.25) is 0 Å². The van der Waals surface area contributed by atoms with Gasteiger partial charge in [-0.25, -0.2) is 4.79 Å². The van der Waals surface area contributed by atoms with Gasteiger partial charge in [0.25, 0.3) is 5.91 Å². The van der Waals surface area contributed by atoms with Crippen LogP contribution in [0.25, 0.3) is 6.08 Å². The molecule has 1 aromatic heterocycles. The lowest BCUT2D eigenvalue weighted by Gasteiger charge is -2.15. The summed E-state index contributed by atoms with van der Waals surface area (Å²) in [6.07, 6.45) is 3.43. The Labute approximate surface area is 188 Å². The van der Waals surface area contributed by atoms with Crippen molar-refractivity contribution >= 4 is 51.9 Å². The van der Waals surface area contributed by atoms with Gasteiger partial charge in [-0.3, -0.25) is 14.7 Å². The number of thiocarbonyl (C=S) groups is 1. The summed E-state index contributed by atoms with van der Waals surface area (Å²) in [5.41, 5.74) is 2.04. The number of para-hydroxylation sites is 1. The summed E-state index contributed by atoms with van der Waals surface area (Å²) in [6, 6.07) is 19.1. The van der Waals surface area contributed by atoms with Crippen LogP contribution in [0.15, 0.2) is 77.8 Å². The SMILES string of the molecule is O=C(O)c1cccc(N2C(=O)C(=Cc3ccccc3OCc3ccccn3)SC2=S)c1.